The summed E-state index contributed by atoms with van der Waals surface area (Å²) in [5, 5.41) is 4.43. The molecular formula is C23H26N4O3S. The van der Waals surface area contributed by atoms with Gasteiger partial charge < -0.3 is 15.2 Å². The number of nitrogens with one attached hydrogen (secondary N) is 1. The third kappa shape index (κ3) is 6.29. The molecule has 0 unspecified atom stereocenters. The summed E-state index contributed by atoms with van der Waals surface area (Å²) < 4.78 is 11.6. The maximum Gasteiger partial charge on any atom is 0.283 e. The molecule has 0 aliphatic heterocycles. The highest BCUT2D eigenvalue weighted by molar-refractivity contribution is 7.17. The van der Waals surface area contributed by atoms with E-state index < -0.39 is 0 Å². The van der Waals surface area contributed by atoms with Gasteiger partial charge in [-0.15, -0.1) is 0 Å². The Labute approximate surface area is 185 Å². The quantitative estimate of drug-likeness (QED) is 0.367. The number of nitrogens with zero attached hydrogens (tertiary/aromatic N) is 2. The lowest BCUT2D eigenvalue weighted by Gasteiger charge is -2.12. The van der Waals surface area contributed by atoms with Crippen LogP contribution >= 0.6 is 11.3 Å². The summed E-state index contributed by atoms with van der Waals surface area (Å²) in [4.78, 5) is 17.0. The number of amides is 1. The van der Waals surface area contributed by atoms with Crippen molar-refractivity contribution in [3.63, 3.8) is 0 Å². The van der Waals surface area contributed by atoms with Crippen molar-refractivity contribution in [3.05, 3.63) is 70.2 Å². The van der Waals surface area contributed by atoms with E-state index in [4.69, 9.17) is 15.2 Å². The van der Waals surface area contributed by atoms with Crippen molar-refractivity contribution in [3.8, 4) is 11.5 Å². The van der Waals surface area contributed by atoms with Crippen LogP contribution in [0.3, 0.4) is 0 Å². The van der Waals surface area contributed by atoms with E-state index in [1.807, 2.05) is 50.2 Å². The van der Waals surface area contributed by atoms with Gasteiger partial charge in [0.15, 0.2) is 16.6 Å². The number of aromatic nitrogens is 1. The third-order valence-electron chi connectivity index (χ3n) is 4.39. The second-order valence-corrected chi connectivity index (χ2v) is 7.63. The number of hydrazone groups is 1. The van der Waals surface area contributed by atoms with Gasteiger partial charge in [0, 0.05) is 6.42 Å². The van der Waals surface area contributed by atoms with Crippen LogP contribution in [0.25, 0.3) is 0 Å². The molecule has 3 N–H and O–H groups in total. The molecule has 162 valence electrons. The van der Waals surface area contributed by atoms with E-state index in [9.17, 15) is 4.79 Å². The van der Waals surface area contributed by atoms with Crippen LogP contribution in [0.1, 0.15) is 40.3 Å². The van der Waals surface area contributed by atoms with Crippen LogP contribution in [0.2, 0.25) is 0 Å². The number of anilines is 1. The second kappa shape index (κ2) is 11.1. The van der Waals surface area contributed by atoms with E-state index in [1.165, 1.54) is 5.56 Å². The van der Waals surface area contributed by atoms with E-state index in [0.717, 1.165) is 23.3 Å². The number of carbonyl (C=O) groups is 1. The molecule has 0 saturated heterocycles. The molecule has 7 nitrogen and oxygen atoms in total. The molecule has 0 fully saturated rings. The van der Waals surface area contributed by atoms with Crippen molar-refractivity contribution >= 4 is 28.6 Å². The van der Waals surface area contributed by atoms with Gasteiger partial charge in [-0.25, -0.2) is 10.4 Å². The molecule has 0 radical (unpaired) electrons. The van der Waals surface area contributed by atoms with Crippen LogP contribution in [-0.4, -0.2) is 30.3 Å². The van der Waals surface area contributed by atoms with Crippen LogP contribution in [0.15, 0.2) is 53.6 Å². The van der Waals surface area contributed by atoms with Gasteiger partial charge in [0.25, 0.3) is 5.91 Å². The average Bonchev–Trinajstić information content (AvgIpc) is 3.17. The Morgan fingerprint density at radius 2 is 1.97 bits per heavy atom. The minimum Gasteiger partial charge on any atom is -0.490 e. The Kier molecular flexibility index (Phi) is 8.00. The number of rotatable bonds is 10. The largest absolute Gasteiger partial charge is 0.490 e. The van der Waals surface area contributed by atoms with E-state index in [0.29, 0.717) is 46.8 Å². The molecule has 0 bridgehead atoms. The summed E-state index contributed by atoms with van der Waals surface area (Å²) in [5.74, 6) is 0.980. The molecule has 1 aromatic heterocycles. The maximum absolute atomic E-state index is 12.4. The minimum atomic E-state index is -0.326. The highest BCUT2D eigenvalue weighted by atomic mass is 32.1. The van der Waals surface area contributed by atoms with Gasteiger partial charge in [0.05, 0.1) is 25.1 Å². The molecule has 31 heavy (non-hydrogen) atoms. The molecular weight excluding hydrogens is 412 g/mol. The number of hydrogen-bond acceptors (Lipinski definition) is 7. The first-order chi connectivity index (χ1) is 15.1. The van der Waals surface area contributed by atoms with E-state index in [1.54, 1.807) is 6.21 Å². The number of thiazole rings is 1. The van der Waals surface area contributed by atoms with Gasteiger partial charge in [0.2, 0.25) is 0 Å². The molecule has 0 aliphatic rings. The Morgan fingerprint density at radius 1 is 1.16 bits per heavy atom. The molecule has 8 heteroatoms. The number of hydrogen-bond donors (Lipinski definition) is 2. The van der Waals surface area contributed by atoms with Gasteiger partial charge in [-0.2, -0.15) is 5.10 Å². The molecule has 0 atom stereocenters. The second-order valence-electron chi connectivity index (χ2n) is 6.60. The number of nitrogen functional groups attached to an aromatic ring is 1. The Bertz CT molecular complexity index is 1030. The summed E-state index contributed by atoms with van der Waals surface area (Å²) in [6, 6.07) is 15.7. The third-order valence-corrected chi connectivity index (χ3v) is 5.32. The van der Waals surface area contributed by atoms with Crippen molar-refractivity contribution in [1.82, 2.24) is 10.4 Å². The SMILES string of the molecule is CCOc1ccc(C=NNC(=O)c2sc(N)nc2CC)cc1OCCc1ccccc1. The number of ether oxygens (including phenoxy) is 2. The standard InChI is InChI=1S/C23H26N4O3S/c1-3-18-21(31-23(24)26-18)22(28)27-25-15-17-10-11-19(29-4-2)20(14-17)30-13-12-16-8-6-5-7-9-16/h5-11,14-15H,3-4,12-13H2,1-2H3,(H2,24,26)(H,27,28). The smallest absolute Gasteiger partial charge is 0.283 e. The van der Waals surface area contributed by atoms with Crippen molar-refractivity contribution in [2.24, 2.45) is 5.10 Å². The number of carbonyl (C=O) groups excluding carboxylic acids is 1. The Hall–Kier alpha value is -3.39. The molecule has 1 amide bonds. The first kappa shape index (κ1) is 22.3. The van der Waals surface area contributed by atoms with Crippen LogP contribution in [0.5, 0.6) is 11.5 Å². The minimum absolute atomic E-state index is 0.326. The average molecular weight is 439 g/mol. The number of nitrogens with two attached hydrogens (primary N) is 1. The summed E-state index contributed by atoms with van der Waals surface area (Å²) in [6.07, 6.45) is 2.98. The molecule has 3 rings (SSSR count). The molecule has 2 aromatic carbocycles. The van der Waals surface area contributed by atoms with Gasteiger partial charge in [-0.3, -0.25) is 4.79 Å². The van der Waals surface area contributed by atoms with Crippen molar-refractivity contribution in [2.75, 3.05) is 18.9 Å². The molecule has 0 saturated carbocycles. The summed E-state index contributed by atoms with van der Waals surface area (Å²) >= 11 is 1.15. The Morgan fingerprint density at radius 3 is 2.71 bits per heavy atom. The first-order valence-electron chi connectivity index (χ1n) is 10.1. The van der Waals surface area contributed by atoms with Crippen LogP contribution in [0.4, 0.5) is 5.13 Å². The van der Waals surface area contributed by atoms with E-state index >= 15 is 0 Å². The fourth-order valence-corrected chi connectivity index (χ4v) is 3.73. The highest BCUT2D eigenvalue weighted by Gasteiger charge is 2.15. The lowest BCUT2D eigenvalue weighted by Crippen LogP contribution is -2.17. The fourth-order valence-electron chi connectivity index (χ4n) is 2.92. The number of benzene rings is 2. The first-order valence-corrected chi connectivity index (χ1v) is 10.9. The zero-order chi connectivity index (χ0) is 22.1. The van der Waals surface area contributed by atoms with E-state index in [2.05, 4.69) is 27.6 Å². The van der Waals surface area contributed by atoms with Gasteiger partial charge >= 0.3 is 0 Å². The molecule has 0 aliphatic carbocycles. The van der Waals surface area contributed by atoms with Gasteiger partial charge in [-0.05, 0) is 42.7 Å². The van der Waals surface area contributed by atoms with Gasteiger partial charge in [-0.1, -0.05) is 48.6 Å². The molecule has 1 heterocycles. The molecule has 0 spiro atoms. The monoisotopic (exact) mass is 438 g/mol. The summed E-state index contributed by atoms with van der Waals surface area (Å²) in [5.41, 5.74) is 10.9. The fraction of sp³-hybridized carbons (Fsp3) is 0.261. The summed E-state index contributed by atoms with van der Waals surface area (Å²) in [6.45, 7) is 4.91. The van der Waals surface area contributed by atoms with Crippen molar-refractivity contribution in [1.29, 1.82) is 0 Å². The number of aryl methyl sites for hydroxylation is 1. The lowest BCUT2D eigenvalue weighted by atomic mass is 10.2. The zero-order valence-corrected chi connectivity index (χ0v) is 18.4. The zero-order valence-electron chi connectivity index (χ0n) is 17.6. The summed E-state index contributed by atoms with van der Waals surface area (Å²) in [7, 11) is 0. The van der Waals surface area contributed by atoms with E-state index in [-0.39, 0.29) is 5.91 Å². The van der Waals surface area contributed by atoms with Crippen molar-refractivity contribution in [2.45, 2.75) is 26.7 Å². The topological polar surface area (TPSA) is 98.8 Å². The van der Waals surface area contributed by atoms with Crippen LogP contribution < -0.4 is 20.6 Å². The van der Waals surface area contributed by atoms with Crippen molar-refractivity contribution < 1.29 is 14.3 Å². The predicted molar refractivity (Wildman–Crippen MR) is 124 cm³/mol. The lowest BCUT2D eigenvalue weighted by molar-refractivity contribution is 0.0958. The molecule has 3 aromatic rings. The highest BCUT2D eigenvalue weighted by Crippen LogP contribution is 2.28. The Balaban J connectivity index is 1.65. The van der Waals surface area contributed by atoms with Crippen LogP contribution in [-0.2, 0) is 12.8 Å². The van der Waals surface area contributed by atoms with Gasteiger partial charge in [0.1, 0.15) is 4.88 Å². The van der Waals surface area contributed by atoms with Crippen LogP contribution in [0, 0.1) is 0 Å². The maximum atomic E-state index is 12.4. The predicted octanol–water partition coefficient (Wildman–Crippen LogP) is 4.07. The normalized spacial score (nSPS) is 10.9.